The van der Waals surface area contributed by atoms with Crippen LogP contribution in [0, 0.1) is 0 Å². The Morgan fingerprint density at radius 3 is 2.26 bits per heavy atom. The zero-order chi connectivity index (χ0) is 13.9. The normalized spacial score (nSPS) is 11.1. The molecule has 0 saturated heterocycles. The van der Waals surface area contributed by atoms with Crippen molar-refractivity contribution >= 4 is 10.0 Å². The highest BCUT2D eigenvalue weighted by Gasteiger charge is 2.17. The highest BCUT2D eigenvalue weighted by molar-refractivity contribution is 7.89. The van der Waals surface area contributed by atoms with E-state index in [0.717, 1.165) is 0 Å². The number of ether oxygens (including phenoxy) is 2. The summed E-state index contributed by atoms with van der Waals surface area (Å²) in [4.78, 5) is -0.115. The summed E-state index contributed by atoms with van der Waals surface area (Å²) >= 11 is 0. The molecule has 0 amide bonds. The number of primary sulfonamides is 1. The average molecular weight is 279 g/mol. The molecule has 19 heavy (non-hydrogen) atoms. The first kappa shape index (κ1) is 13.4. The van der Waals surface area contributed by atoms with E-state index in [-0.39, 0.29) is 10.6 Å². The van der Waals surface area contributed by atoms with Crippen molar-refractivity contribution in [1.82, 2.24) is 0 Å². The minimum Gasteiger partial charge on any atom is -0.497 e. The van der Waals surface area contributed by atoms with E-state index in [1.54, 1.807) is 30.3 Å². The lowest BCUT2D eigenvalue weighted by Gasteiger charge is -2.11. The van der Waals surface area contributed by atoms with Gasteiger partial charge in [-0.05, 0) is 24.3 Å². The summed E-state index contributed by atoms with van der Waals surface area (Å²) in [5.41, 5.74) is 0. The fraction of sp³-hybridized carbons (Fsp3) is 0.0769. The zero-order valence-electron chi connectivity index (χ0n) is 10.2. The monoisotopic (exact) mass is 279 g/mol. The van der Waals surface area contributed by atoms with Gasteiger partial charge in [0.15, 0.2) is 0 Å². The molecular weight excluding hydrogens is 266 g/mol. The molecule has 2 aromatic carbocycles. The molecule has 100 valence electrons. The van der Waals surface area contributed by atoms with Crippen LogP contribution in [0.1, 0.15) is 0 Å². The smallest absolute Gasteiger partial charge is 0.241 e. The van der Waals surface area contributed by atoms with Crippen LogP contribution in [-0.2, 0) is 10.0 Å². The summed E-state index contributed by atoms with van der Waals surface area (Å²) in [6, 6.07) is 13.3. The minimum atomic E-state index is -3.89. The molecule has 0 radical (unpaired) electrons. The van der Waals surface area contributed by atoms with Crippen LogP contribution in [0.3, 0.4) is 0 Å². The number of benzene rings is 2. The van der Waals surface area contributed by atoms with Gasteiger partial charge in [0, 0.05) is 6.07 Å². The van der Waals surface area contributed by atoms with Crippen molar-refractivity contribution in [2.45, 2.75) is 4.90 Å². The Balaban J connectivity index is 2.46. The van der Waals surface area contributed by atoms with E-state index >= 15 is 0 Å². The van der Waals surface area contributed by atoms with Gasteiger partial charge in [-0.15, -0.1) is 0 Å². The fourth-order valence-corrected chi connectivity index (χ4v) is 2.21. The number of hydrogen-bond donors (Lipinski definition) is 1. The molecule has 0 heterocycles. The van der Waals surface area contributed by atoms with Gasteiger partial charge >= 0.3 is 0 Å². The Hall–Kier alpha value is -2.05. The minimum absolute atomic E-state index is 0.115. The molecule has 2 aromatic rings. The molecule has 0 spiro atoms. The standard InChI is InChI=1S/C13H13NO4S/c1-17-11-7-8-12(13(9-11)19(14,15)16)18-10-5-3-2-4-6-10/h2-9H,1H3,(H2,14,15,16). The van der Waals surface area contributed by atoms with Crippen molar-refractivity contribution in [3.05, 3.63) is 48.5 Å². The molecule has 0 aliphatic rings. The summed E-state index contributed by atoms with van der Waals surface area (Å²) in [6.07, 6.45) is 0. The van der Waals surface area contributed by atoms with Crippen molar-refractivity contribution in [3.63, 3.8) is 0 Å². The van der Waals surface area contributed by atoms with Crippen LogP contribution in [0.15, 0.2) is 53.4 Å². The zero-order valence-corrected chi connectivity index (χ0v) is 11.1. The molecule has 0 atom stereocenters. The summed E-state index contributed by atoms with van der Waals surface area (Å²) in [7, 11) is -2.45. The second-order valence-corrected chi connectivity index (χ2v) is 5.30. The second-order valence-electron chi connectivity index (χ2n) is 3.77. The van der Waals surface area contributed by atoms with Crippen LogP contribution >= 0.6 is 0 Å². The lowest BCUT2D eigenvalue weighted by Crippen LogP contribution is -2.13. The lowest BCUT2D eigenvalue weighted by molar-refractivity contribution is 0.409. The van der Waals surface area contributed by atoms with Crippen molar-refractivity contribution in [1.29, 1.82) is 0 Å². The van der Waals surface area contributed by atoms with Gasteiger partial charge < -0.3 is 9.47 Å². The molecule has 0 bridgehead atoms. The number of para-hydroxylation sites is 1. The van der Waals surface area contributed by atoms with E-state index in [4.69, 9.17) is 14.6 Å². The number of methoxy groups -OCH3 is 1. The maximum Gasteiger partial charge on any atom is 0.241 e. The molecule has 5 nitrogen and oxygen atoms in total. The Morgan fingerprint density at radius 2 is 1.68 bits per heavy atom. The first-order valence-electron chi connectivity index (χ1n) is 5.44. The molecule has 0 unspecified atom stereocenters. The predicted molar refractivity (Wildman–Crippen MR) is 70.9 cm³/mol. The molecule has 2 N–H and O–H groups in total. The lowest BCUT2D eigenvalue weighted by atomic mass is 10.3. The third-order valence-corrected chi connectivity index (χ3v) is 3.36. The first-order valence-corrected chi connectivity index (χ1v) is 6.99. The van der Waals surface area contributed by atoms with Gasteiger partial charge in [-0.25, -0.2) is 13.6 Å². The van der Waals surface area contributed by atoms with E-state index in [2.05, 4.69) is 0 Å². The van der Waals surface area contributed by atoms with Crippen LogP contribution in [0.4, 0.5) is 0 Å². The van der Waals surface area contributed by atoms with E-state index in [1.807, 2.05) is 6.07 Å². The summed E-state index contributed by atoms with van der Waals surface area (Å²) in [5.74, 6) is 1.08. The largest absolute Gasteiger partial charge is 0.497 e. The third kappa shape index (κ3) is 3.24. The SMILES string of the molecule is COc1ccc(Oc2ccccc2)c(S(N)(=O)=O)c1. The van der Waals surface area contributed by atoms with Gasteiger partial charge in [0.05, 0.1) is 7.11 Å². The summed E-state index contributed by atoms with van der Waals surface area (Å²) < 4.78 is 33.6. The van der Waals surface area contributed by atoms with E-state index in [0.29, 0.717) is 11.5 Å². The maximum atomic E-state index is 11.6. The highest BCUT2D eigenvalue weighted by atomic mass is 32.2. The molecule has 0 aliphatic carbocycles. The van der Waals surface area contributed by atoms with Crippen LogP contribution in [-0.4, -0.2) is 15.5 Å². The maximum absolute atomic E-state index is 11.6. The van der Waals surface area contributed by atoms with Gasteiger partial charge in [0.25, 0.3) is 0 Å². The molecule has 0 fully saturated rings. The Labute approximate surface area is 111 Å². The highest BCUT2D eigenvalue weighted by Crippen LogP contribution is 2.31. The van der Waals surface area contributed by atoms with Crippen molar-refractivity contribution in [2.24, 2.45) is 5.14 Å². The number of rotatable bonds is 4. The Morgan fingerprint density at radius 1 is 1.00 bits per heavy atom. The van der Waals surface area contributed by atoms with Crippen LogP contribution in [0.2, 0.25) is 0 Å². The van der Waals surface area contributed by atoms with Crippen molar-refractivity contribution in [3.8, 4) is 17.2 Å². The van der Waals surface area contributed by atoms with Crippen LogP contribution in [0.25, 0.3) is 0 Å². The van der Waals surface area contributed by atoms with Crippen molar-refractivity contribution < 1.29 is 17.9 Å². The quantitative estimate of drug-likeness (QED) is 0.930. The summed E-state index contributed by atoms with van der Waals surface area (Å²) in [6.45, 7) is 0. The average Bonchev–Trinajstić information content (AvgIpc) is 2.39. The topological polar surface area (TPSA) is 78.6 Å². The van der Waals surface area contributed by atoms with E-state index < -0.39 is 10.0 Å². The molecule has 0 aliphatic heterocycles. The van der Waals surface area contributed by atoms with E-state index in [9.17, 15) is 8.42 Å². The molecular formula is C13H13NO4S. The summed E-state index contributed by atoms with van der Waals surface area (Å²) in [5, 5.41) is 5.17. The van der Waals surface area contributed by atoms with Crippen LogP contribution in [0.5, 0.6) is 17.2 Å². The van der Waals surface area contributed by atoms with Gasteiger partial charge in [-0.3, -0.25) is 0 Å². The van der Waals surface area contributed by atoms with E-state index in [1.165, 1.54) is 19.2 Å². The fourth-order valence-electron chi connectivity index (χ4n) is 1.54. The van der Waals surface area contributed by atoms with Crippen molar-refractivity contribution in [2.75, 3.05) is 7.11 Å². The van der Waals surface area contributed by atoms with Gasteiger partial charge in [-0.2, -0.15) is 0 Å². The molecule has 6 heteroatoms. The molecule has 0 aromatic heterocycles. The molecule has 2 rings (SSSR count). The second kappa shape index (κ2) is 5.29. The first-order chi connectivity index (χ1) is 9.00. The number of nitrogens with two attached hydrogens (primary N) is 1. The Kier molecular flexibility index (Phi) is 3.73. The van der Waals surface area contributed by atoms with Gasteiger partial charge in [-0.1, -0.05) is 18.2 Å². The number of sulfonamides is 1. The van der Waals surface area contributed by atoms with Gasteiger partial charge in [0.2, 0.25) is 10.0 Å². The van der Waals surface area contributed by atoms with Gasteiger partial charge in [0.1, 0.15) is 22.1 Å². The predicted octanol–water partition coefficient (Wildman–Crippen LogP) is 2.13. The Bertz CT molecular complexity index is 668. The molecule has 0 saturated carbocycles. The van der Waals surface area contributed by atoms with Crippen LogP contribution < -0.4 is 14.6 Å². The number of hydrogen-bond acceptors (Lipinski definition) is 4. The third-order valence-electron chi connectivity index (χ3n) is 2.43.